The van der Waals surface area contributed by atoms with Crippen LogP contribution >= 0.6 is 0 Å². The molecule has 2 aliphatic carbocycles. The van der Waals surface area contributed by atoms with Crippen molar-refractivity contribution in [3.05, 3.63) is 24.8 Å². The third kappa shape index (κ3) is 3.49. The van der Waals surface area contributed by atoms with Crippen LogP contribution in [0.1, 0.15) is 64.2 Å². The highest BCUT2D eigenvalue weighted by Gasteiger charge is 2.72. The van der Waals surface area contributed by atoms with Gasteiger partial charge in [-0.1, -0.05) is 56.8 Å². The zero-order valence-electron chi connectivity index (χ0n) is 18.8. The second-order valence-corrected chi connectivity index (χ2v) is 10.2. The average molecular weight is 442 g/mol. The summed E-state index contributed by atoms with van der Waals surface area (Å²) in [6, 6.07) is -0.462. The number of rotatable bonds is 6. The van der Waals surface area contributed by atoms with Crippen molar-refractivity contribution < 1.29 is 19.1 Å². The Morgan fingerprint density at radius 2 is 1.62 bits per heavy atom. The molecule has 4 fully saturated rings. The van der Waals surface area contributed by atoms with E-state index >= 15 is 0 Å². The van der Waals surface area contributed by atoms with E-state index in [2.05, 4.69) is 17.2 Å². The number of nitrogens with zero attached hydrogens (tertiary/aromatic N) is 1. The van der Waals surface area contributed by atoms with E-state index in [0.717, 1.165) is 51.4 Å². The van der Waals surface area contributed by atoms with Crippen LogP contribution in [0.3, 0.4) is 0 Å². The largest absolute Gasteiger partial charge is 0.359 e. The van der Waals surface area contributed by atoms with Gasteiger partial charge in [0.2, 0.25) is 17.7 Å². The standard InChI is InChI=1S/C25H35N3O4/c1-2-15-28-21(23(30)27-17-11-7-4-8-12-17)25-14-13-18(32-25)19(20(25)24(28)31)22(29)26-16-9-5-3-6-10-16/h2,13-14,16-21H,1,3-12,15H2,(H,26,29)(H,27,30)/t18-,19+,20+,21-,25+/m1/s1. The van der Waals surface area contributed by atoms with Crippen LogP contribution in [0.2, 0.25) is 0 Å². The number of amides is 3. The average Bonchev–Trinajstić information content (AvgIpc) is 3.43. The van der Waals surface area contributed by atoms with Crippen molar-refractivity contribution in [2.45, 2.75) is 94.0 Å². The maximum atomic E-state index is 13.6. The number of carbonyl (C=O) groups is 3. The highest BCUT2D eigenvalue weighted by molar-refractivity contribution is 6.00. The molecule has 0 radical (unpaired) electrons. The van der Waals surface area contributed by atoms with E-state index in [1.54, 1.807) is 11.0 Å². The smallest absolute Gasteiger partial charge is 0.246 e. The molecule has 0 unspecified atom stereocenters. The summed E-state index contributed by atoms with van der Waals surface area (Å²) >= 11 is 0. The number of hydrogen-bond acceptors (Lipinski definition) is 4. The van der Waals surface area contributed by atoms with Gasteiger partial charge in [-0.25, -0.2) is 0 Å². The van der Waals surface area contributed by atoms with Crippen molar-refractivity contribution in [1.29, 1.82) is 0 Å². The predicted molar refractivity (Wildman–Crippen MR) is 119 cm³/mol. The maximum Gasteiger partial charge on any atom is 0.246 e. The summed E-state index contributed by atoms with van der Waals surface area (Å²) < 4.78 is 6.35. The van der Waals surface area contributed by atoms with E-state index in [4.69, 9.17) is 4.74 Å². The summed E-state index contributed by atoms with van der Waals surface area (Å²) in [5, 5.41) is 6.38. The molecule has 3 amide bonds. The molecule has 5 aliphatic rings. The first-order valence-corrected chi connectivity index (χ1v) is 12.4. The van der Waals surface area contributed by atoms with Crippen molar-refractivity contribution in [1.82, 2.24) is 15.5 Å². The van der Waals surface area contributed by atoms with Gasteiger partial charge in [0.25, 0.3) is 0 Å². The Kier molecular flexibility index (Phi) is 5.86. The molecule has 32 heavy (non-hydrogen) atoms. The van der Waals surface area contributed by atoms with Crippen molar-refractivity contribution >= 4 is 17.7 Å². The van der Waals surface area contributed by atoms with Crippen LogP contribution < -0.4 is 10.6 Å². The zero-order valence-corrected chi connectivity index (χ0v) is 18.8. The molecular weight excluding hydrogens is 406 g/mol. The van der Waals surface area contributed by atoms with Gasteiger partial charge in [-0.2, -0.15) is 0 Å². The third-order valence-corrected chi connectivity index (χ3v) is 8.15. The van der Waals surface area contributed by atoms with Crippen LogP contribution in [0.4, 0.5) is 0 Å². The van der Waals surface area contributed by atoms with Crippen LogP contribution in [0, 0.1) is 11.8 Å². The molecule has 2 saturated heterocycles. The van der Waals surface area contributed by atoms with Crippen molar-refractivity contribution in [2.24, 2.45) is 11.8 Å². The highest BCUT2D eigenvalue weighted by Crippen LogP contribution is 2.55. The number of ether oxygens (including phenoxy) is 1. The topological polar surface area (TPSA) is 87.7 Å². The fourth-order valence-electron chi connectivity index (χ4n) is 6.67. The highest BCUT2D eigenvalue weighted by atomic mass is 16.5. The second-order valence-electron chi connectivity index (χ2n) is 10.2. The Hall–Kier alpha value is -2.15. The quantitative estimate of drug-likeness (QED) is 0.619. The fourth-order valence-corrected chi connectivity index (χ4v) is 6.67. The summed E-state index contributed by atoms with van der Waals surface area (Å²) in [6.07, 6.45) is 15.7. The molecule has 0 aromatic rings. The molecule has 174 valence electrons. The number of carbonyl (C=O) groups excluding carboxylic acids is 3. The zero-order chi connectivity index (χ0) is 22.3. The van der Waals surface area contributed by atoms with Crippen LogP contribution in [0.15, 0.2) is 24.8 Å². The molecule has 3 heterocycles. The third-order valence-electron chi connectivity index (χ3n) is 8.15. The molecule has 2 saturated carbocycles. The van der Waals surface area contributed by atoms with E-state index in [0.29, 0.717) is 0 Å². The van der Waals surface area contributed by atoms with Crippen molar-refractivity contribution in [3.63, 3.8) is 0 Å². The molecule has 7 heteroatoms. The van der Waals surface area contributed by atoms with E-state index in [9.17, 15) is 14.4 Å². The molecule has 7 nitrogen and oxygen atoms in total. The first-order valence-electron chi connectivity index (χ1n) is 12.4. The minimum Gasteiger partial charge on any atom is -0.359 e. The molecule has 3 aliphatic heterocycles. The van der Waals surface area contributed by atoms with Gasteiger partial charge in [0.1, 0.15) is 11.6 Å². The van der Waals surface area contributed by atoms with Gasteiger partial charge in [0.05, 0.1) is 17.9 Å². The second kappa shape index (κ2) is 8.65. The van der Waals surface area contributed by atoms with Crippen LogP contribution in [0.25, 0.3) is 0 Å². The van der Waals surface area contributed by atoms with Crippen molar-refractivity contribution in [2.75, 3.05) is 6.54 Å². The van der Waals surface area contributed by atoms with Gasteiger partial charge in [-0.05, 0) is 25.7 Å². The van der Waals surface area contributed by atoms with Crippen LogP contribution in [-0.2, 0) is 19.1 Å². The Morgan fingerprint density at radius 1 is 1.03 bits per heavy atom. The Bertz CT molecular complexity index is 814. The van der Waals surface area contributed by atoms with Gasteiger partial charge in [0.15, 0.2) is 0 Å². The Labute approximate surface area is 190 Å². The van der Waals surface area contributed by atoms with E-state index < -0.39 is 29.6 Å². The van der Waals surface area contributed by atoms with Gasteiger partial charge >= 0.3 is 0 Å². The lowest BCUT2D eigenvalue weighted by atomic mass is 9.74. The van der Waals surface area contributed by atoms with Crippen LogP contribution in [-0.4, -0.2) is 59.0 Å². The molecule has 2 bridgehead atoms. The van der Waals surface area contributed by atoms with E-state index in [1.165, 1.54) is 12.8 Å². The van der Waals surface area contributed by atoms with Gasteiger partial charge in [-0.15, -0.1) is 6.58 Å². The summed E-state index contributed by atoms with van der Waals surface area (Å²) in [5.41, 5.74) is -1.07. The minimum absolute atomic E-state index is 0.113. The maximum absolute atomic E-state index is 13.6. The number of fused-ring (bicyclic) bond motifs is 1. The summed E-state index contributed by atoms with van der Waals surface area (Å²) in [6.45, 7) is 4.05. The monoisotopic (exact) mass is 441 g/mol. The molecule has 2 N–H and O–H groups in total. The lowest BCUT2D eigenvalue weighted by Gasteiger charge is -2.33. The predicted octanol–water partition coefficient (Wildman–Crippen LogP) is 2.22. The first-order chi connectivity index (χ1) is 15.5. The van der Waals surface area contributed by atoms with E-state index in [1.807, 2.05) is 12.2 Å². The summed E-state index contributed by atoms with van der Waals surface area (Å²) in [5.74, 6) is -1.71. The minimum atomic E-state index is -1.07. The summed E-state index contributed by atoms with van der Waals surface area (Å²) in [4.78, 5) is 42.0. The molecule has 5 atom stereocenters. The lowest BCUT2D eigenvalue weighted by Crippen LogP contribution is -2.56. The molecule has 0 aromatic heterocycles. The SMILES string of the molecule is C=CCN1C(=O)[C@@H]2[C@@H](C(=O)NC3CCCCC3)[C@H]3C=C[C@@]2(O3)[C@H]1C(=O)NC1CCCCC1. The normalized spacial score (nSPS) is 36.9. The first kappa shape index (κ1) is 21.7. The number of hydrogen-bond donors (Lipinski definition) is 2. The molecular formula is C25H35N3O4. The van der Waals surface area contributed by atoms with Gasteiger partial charge in [0, 0.05) is 18.6 Å². The molecule has 1 spiro atoms. The van der Waals surface area contributed by atoms with Gasteiger partial charge < -0.3 is 20.3 Å². The number of likely N-dealkylation sites (tertiary alicyclic amines) is 1. The summed E-state index contributed by atoms with van der Waals surface area (Å²) in [7, 11) is 0. The van der Waals surface area contributed by atoms with Crippen LogP contribution in [0.5, 0.6) is 0 Å². The fraction of sp³-hybridized carbons (Fsp3) is 0.720. The van der Waals surface area contributed by atoms with Gasteiger partial charge in [-0.3, -0.25) is 14.4 Å². The Balaban J connectivity index is 1.39. The molecule has 0 aromatic carbocycles. The van der Waals surface area contributed by atoms with E-state index in [-0.39, 0.29) is 36.3 Å². The van der Waals surface area contributed by atoms with Crippen molar-refractivity contribution in [3.8, 4) is 0 Å². The number of nitrogens with one attached hydrogen (secondary N) is 2. The molecule has 5 rings (SSSR count). The Morgan fingerprint density at radius 3 is 2.22 bits per heavy atom. The lowest BCUT2D eigenvalue weighted by molar-refractivity contribution is -0.141.